The zero-order valence-electron chi connectivity index (χ0n) is 9.41. The second kappa shape index (κ2) is 4.09. The van der Waals surface area contributed by atoms with Crippen molar-refractivity contribution >= 4 is 0 Å². The predicted molar refractivity (Wildman–Crippen MR) is 58.0 cm³/mol. The van der Waals surface area contributed by atoms with Gasteiger partial charge in [0.15, 0.2) is 0 Å². The summed E-state index contributed by atoms with van der Waals surface area (Å²) in [5.74, 6) is 0.477. The highest BCUT2D eigenvalue weighted by Gasteiger charge is 2.24. The van der Waals surface area contributed by atoms with Crippen LogP contribution in [0.4, 0.5) is 0 Å². The molecule has 0 fully saturated rings. The second-order valence-electron chi connectivity index (χ2n) is 4.62. The van der Waals surface area contributed by atoms with Crippen LogP contribution >= 0.6 is 0 Å². The lowest BCUT2D eigenvalue weighted by Gasteiger charge is -2.25. The summed E-state index contributed by atoms with van der Waals surface area (Å²) < 4.78 is 0. The topological polar surface area (TPSA) is 33.1 Å². The van der Waals surface area contributed by atoms with Crippen molar-refractivity contribution in [2.45, 2.75) is 39.7 Å². The fraction of sp³-hybridized carbons (Fsp3) is 0.583. The SMILES string of the molecule is Cc1cncc(C(C)(O)CC(C)C)c1. The molecule has 14 heavy (non-hydrogen) atoms. The van der Waals surface area contributed by atoms with Gasteiger partial charge in [0.2, 0.25) is 0 Å². The van der Waals surface area contributed by atoms with Crippen LogP contribution in [0.2, 0.25) is 0 Å². The largest absolute Gasteiger partial charge is 0.385 e. The standard InChI is InChI=1S/C12H19NO/c1-9(2)6-12(4,14)11-5-10(3)7-13-8-11/h5,7-9,14H,6H2,1-4H3. The van der Waals surface area contributed by atoms with Crippen LogP contribution in [0.15, 0.2) is 18.5 Å². The van der Waals surface area contributed by atoms with Gasteiger partial charge in [0, 0.05) is 18.0 Å². The van der Waals surface area contributed by atoms with Crippen molar-refractivity contribution in [1.82, 2.24) is 4.98 Å². The molecule has 1 atom stereocenters. The zero-order chi connectivity index (χ0) is 10.8. The summed E-state index contributed by atoms with van der Waals surface area (Å²) in [5.41, 5.74) is 1.24. The van der Waals surface area contributed by atoms with Crippen LogP contribution in [0.5, 0.6) is 0 Å². The Hall–Kier alpha value is -0.890. The first-order chi connectivity index (χ1) is 6.42. The van der Waals surface area contributed by atoms with Crippen LogP contribution in [0.25, 0.3) is 0 Å². The summed E-state index contributed by atoms with van der Waals surface area (Å²) >= 11 is 0. The number of nitrogens with zero attached hydrogens (tertiary/aromatic N) is 1. The molecule has 0 radical (unpaired) electrons. The first kappa shape index (κ1) is 11.2. The third-order valence-electron chi connectivity index (χ3n) is 2.30. The average Bonchev–Trinajstić information content (AvgIpc) is 2.01. The Labute approximate surface area is 86.0 Å². The number of rotatable bonds is 3. The van der Waals surface area contributed by atoms with Crippen molar-refractivity contribution in [3.8, 4) is 0 Å². The molecule has 0 aromatic carbocycles. The van der Waals surface area contributed by atoms with Gasteiger partial charge in [0.1, 0.15) is 0 Å². The Kier molecular flexibility index (Phi) is 3.27. The summed E-state index contributed by atoms with van der Waals surface area (Å²) in [7, 11) is 0. The molecule has 1 N–H and O–H groups in total. The molecule has 78 valence electrons. The monoisotopic (exact) mass is 193 g/mol. The average molecular weight is 193 g/mol. The molecule has 2 nitrogen and oxygen atoms in total. The Morgan fingerprint density at radius 3 is 2.57 bits per heavy atom. The number of hydrogen-bond acceptors (Lipinski definition) is 2. The second-order valence-corrected chi connectivity index (χ2v) is 4.62. The highest BCUT2D eigenvalue weighted by molar-refractivity contribution is 5.22. The predicted octanol–water partition coefficient (Wildman–Crippen LogP) is 2.64. The lowest BCUT2D eigenvalue weighted by molar-refractivity contribution is 0.0345. The molecule has 0 saturated heterocycles. The molecule has 0 amide bonds. The van der Waals surface area contributed by atoms with Gasteiger partial charge in [-0.25, -0.2) is 0 Å². The molecular weight excluding hydrogens is 174 g/mol. The number of pyridine rings is 1. The van der Waals surface area contributed by atoms with Gasteiger partial charge in [-0.1, -0.05) is 19.9 Å². The van der Waals surface area contributed by atoms with Crippen molar-refractivity contribution in [2.24, 2.45) is 5.92 Å². The molecule has 1 aromatic heterocycles. The summed E-state index contributed by atoms with van der Waals surface area (Å²) in [4.78, 5) is 4.10. The molecule has 1 unspecified atom stereocenters. The van der Waals surface area contributed by atoms with Crippen molar-refractivity contribution in [3.63, 3.8) is 0 Å². The number of aliphatic hydroxyl groups is 1. The molecule has 1 aromatic rings. The van der Waals surface area contributed by atoms with E-state index in [0.717, 1.165) is 17.5 Å². The van der Waals surface area contributed by atoms with E-state index >= 15 is 0 Å². The summed E-state index contributed by atoms with van der Waals surface area (Å²) in [5, 5.41) is 10.2. The molecule has 1 rings (SSSR count). The summed E-state index contributed by atoms with van der Waals surface area (Å²) in [6, 6.07) is 2.00. The highest BCUT2D eigenvalue weighted by Crippen LogP contribution is 2.27. The minimum atomic E-state index is -0.757. The Morgan fingerprint density at radius 1 is 1.43 bits per heavy atom. The maximum absolute atomic E-state index is 10.2. The van der Waals surface area contributed by atoms with E-state index in [9.17, 15) is 5.11 Å². The Bertz CT molecular complexity index is 305. The number of aromatic nitrogens is 1. The lowest BCUT2D eigenvalue weighted by atomic mass is 9.88. The third-order valence-corrected chi connectivity index (χ3v) is 2.30. The van der Waals surface area contributed by atoms with Gasteiger partial charge in [-0.15, -0.1) is 0 Å². The summed E-state index contributed by atoms with van der Waals surface area (Å²) in [6.45, 7) is 8.06. The first-order valence-corrected chi connectivity index (χ1v) is 5.06. The lowest BCUT2D eigenvalue weighted by Crippen LogP contribution is -2.23. The van der Waals surface area contributed by atoms with Crippen molar-refractivity contribution in [1.29, 1.82) is 0 Å². The normalized spacial score (nSPS) is 15.6. The van der Waals surface area contributed by atoms with E-state index in [0.29, 0.717) is 5.92 Å². The smallest absolute Gasteiger partial charge is 0.0885 e. The maximum Gasteiger partial charge on any atom is 0.0885 e. The van der Waals surface area contributed by atoms with Crippen LogP contribution in [0, 0.1) is 12.8 Å². The van der Waals surface area contributed by atoms with Crippen LogP contribution in [0.3, 0.4) is 0 Å². The van der Waals surface area contributed by atoms with Crippen LogP contribution in [-0.2, 0) is 5.60 Å². The minimum absolute atomic E-state index is 0.477. The molecule has 0 aliphatic carbocycles. The van der Waals surface area contributed by atoms with Gasteiger partial charge in [-0.2, -0.15) is 0 Å². The van der Waals surface area contributed by atoms with Gasteiger partial charge in [-0.05, 0) is 31.7 Å². The maximum atomic E-state index is 10.2. The fourth-order valence-corrected chi connectivity index (χ4v) is 1.76. The van der Waals surface area contributed by atoms with Crippen molar-refractivity contribution in [2.75, 3.05) is 0 Å². The Morgan fingerprint density at radius 2 is 2.07 bits per heavy atom. The molecule has 0 spiro atoms. The van der Waals surface area contributed by atoms with E-state index in [4.69, 9.17) is 0 Å². The summed E-state index contributed by atoms with van der Waals surface area (Å²) in [6.07, 6.45) is 4.31. The van der Waals surface area contributed by atoms with E-state index in [-0.39, 0.29) is 0 Å². The van der Waals surface area contributed by atoms with Crippen LogP contribution in [-0.4, -0.2) is 10.1 Å². The number of hydrogen-bond donors (Lipinski definition) is 1. The molecule has 2 heteroatoms. The van der Waals surface area contributed by atoms with Crippen LogP contribution < -0.4 is 0 Å². The van der Waals surface area contributed by atoms with E-state index in [1.54, 1.807) is 12.4 Å². The minimum Gasteiger partial charge on any atom is -0.385 e. The molecular formula is C12H19NO. The molecule has 0 aliphatic heterocycles. The third kappa shape index (κ3) is 2.81. The van der Waals surface area contributed by atoms with Gasteiger partial charge >= 0.3 is 0 Å². The van der Waals surface area contributed by atoms with Gasteiger partial charge in [-0.3, -0.25) is 4.98 Å². The molecule has 0 aliphatic rings. The molecule has 1 heterocycles. The van der Waals surface area contributed by atoms with Gasteiger partial charge in [0.05, 0.1) is 5.60 Å². The van der Waals surface area contributed by atoms with E-state index in [1.165, 1.54) is 0 Å². The first-order valence-electron chi connectivity index (χ1n) is 5.06. The quantitative estimate of drug-likeness (QED) is 0.800. The molecule has 0 saturated carbocycles. The highest BCUT2D eigenvalue weighted by atomic mass is 16.3. The Balaban J connectivity index is 2.91. The van der Waals surface area contributed by atoms with E-state index < -0.39 is 5.60 Å². The van der Waals surface area contributed by atoms with E-state index in [2.05, 4.69) is 18.8 Å². The van der Waals surface area contributed by atoms with Gasteiger partial charge < -0.3 is 5.11 Å². The fourth-order valence-electron chi connectivity index (χ4n) is 1.76. The van der Waals surface area contributed by atoms with E-state index in [1.807, 2.05) is 19.9 Å². The molecule has 0 bridgehead atoms. The van der Waals surface area contributed by atoms with Crippen molar-refractivity contribution < 1.29 is 5.11 Å². The zero-order valence-corrected chi connectivity index (χ0v) is 9.41. The number of aryl methyl sites for hydroxylation is 1. The van der Waals surface area contributed by atoms with Crippen molar-refractivity contribution in [3.05, 3.63) is 29.6 Å². The van der Waals surface area contributed by atoms with Crippen LogP contribution in [0.1, 0.15) is 38.3 Å². The van der Waals surface area contributed by atoms with Gasteiger partial charge in [0.25, 0.3) is 0 Å².